The molecular formula is C22H26N2O2S. The zero-order valence-corrected chi connectivity index (χ0v) is 17.4. The Morgan fingerprint density at radius 2 is 1.78 bits per heavy atom. The smallest absolute Gasteiger partial charge is 0.293 e. The van der Waals surface area contributed by atoms with E-state index >= 15 is 0 Å². The Bertz CT molecular complexity index is 907. The van der Waals surface area contributed by atoms with E-state index in [9.17, 15) is 9.59 Å². The van der Waals surface area contributed by atoms with Crippen molar-refractivity contribution in [3.8, 4) is 5.69 Å². The highest BCUT2D eigenvalue weighted by atomic mass is 32.2. The van der Waals surface area contributed by atoms with Crippen LogP contribution >= 0.6 is 11.8 Å². The highest BCUT2D eigenvalue weighted by Crippen LogP contribution is 2.34. The van der Waals surface area contributed by atoms with E-state index in [-0.39, 0.29) is 11.1 Å². The van der Waals surface area contributed by atoms with Crippen LogP contribution in [0.3, 0.4) is 0 Å². The van der Waals surface area contributed by atoms with Gasteiger partial charge in [0.2, 0.25) is 0 Å². The predicted octanol–water partition coefficient (Wildman–Crippen LogP) is 5.66. The number of thioether (sulfide) groups is 1. The lowest BCUT2D eigenvalue weighted by Gasteiger charge is -2.12. The quantitative estimate of drug-likeness (QED) is 0.626. The van der Waals surface area contributed by atoms with Gasteiger partial charge in [0.25, 0.3) is 11.1 Å². The fourth-order valence-electron chi connectivity index (χ4n) is 3.40. The van der Waals surface area contributed by atoms with Crippen molar-refractivity contribution >= 4 is 29.0 Å². The first-order valence-corrected chi connectivity index (χ1v) is 10.2. The van der Waals surface area contributed by atoms with Gasteiger partial charge in [-0.3, -0.25) is 14.5 Å². The number of imide groups is 1. The van der Waals surface area contributed by atoms with Gasteiger partial charge in [0.1, 0.15) is 0 Å². The summed E-state index contributed by atoms with van der Waals surface area (Å²) in [6, 6.07) is 10.7. The Hall–Kier alpha value is -2.27. The van der Waals surface area contributed by atoms with Crippen molar-refractivity contribution in [1.82, 2.24) is 9.47 Å². The molecule has 1 aromatic heterocycles. The van der Waals surface area contributed by atoms with E-state index in [2.05, 4.69) is 55.7 Å². The van der Waals surface area contributed by atoms with Crippen LogP contribution in [0.4, 0.5) is 4.79 Å². The molecule has 0 unspecified atom stereocenters. The van der Waals surface area contributed by atoms with E-state index in [1.165, 1.54) is 10.5 Å². The lowest BCUT2D eigenvalue weighted by atomic mass is 10.0. The lowest BCUT2D eigenvalue weighted by Crippen LogP contribution is -2.28. The molecule has 0 bridgehead atoms. The van der Waals surface area contributed by atoms with Gasteiger partial charge in [-0.1, -0.05) is 32.9 Å². The Kier molecular flexibility index (Phi) is 5.61. The molecule has 1 aliphatic heterocycles. The summed E-state index contributed by atoms with van der Waals surface area (Å²) in [7, 11) is 0. The monoisotopic (exact) mass is 382 g/mol. The molecule has 1 aromatic carbocycles. The van der Waals surface area contributed by atoms with Gasteiger partial charge >= 0.3 is 0 Å². The van der Waals surface area contributed by atoms with Crippen LogP contribution in [-0.4, -0.2) is 27.2 Å². The van der Waals surface area contributed by atoms with E-state index in [1.54, 1.807) is 0 Å². The van der Waals surface area contributed by atoms with Crippen molar-refractivity contribution < 1.29 is 9.59 Å². The van der Waals surface area contributed by atoms with Crippen LogP contribution < -0.4 is 0 Å². The first-order valence-electron chi connectivity index (χ1n) is 9.38. The molecule has 0 N–H and O–H groups in total. The summed E-state index contributed by atoms with van der Waals surface area (Å²) in [6.07, 6.45) is 2.62. The fourth-order valence-corrected chi connectivity index (χ4v) is 4.25. The van der Waals surface area contributed by atoms with Gasteiger partial charge in [-0.25, -0.2) is 0 Å². The standard InChI is InChI=1S/C22H26N2O2S/c1-6-11-23-21(25)20(27-22(23)26)13-18-12-15(4)24(16(18)5)19-9-7-17(8-10-19)14(2)3/h7-10,12-14H,6,11H2,1-5H3/b20-13+. The van der Waals surface area contributed by atoms with Crippen LogP contribution in [0.2, 0.25) is 0 Å². The minimum atomic E-state index is -0.182. The third-order valence-electron chi connectivity index (χ3n) is 4.90. The van der Waals surface area contributed by atoms with Gasteiger partial charge in [0.05, 0.1) is 4.91 Å². The second-order valence-corrected chi connectivity index (χ2v) is 8.23. The Morgan fingerprint density at radius 3 is 2.37 bits per heavy atom. The molecule has 0 radical (unpaired) electrons. The molecule has 4 nitrogen and oxygen atoms in total. The summed E-state index contributed by atoms with van der Waals surface area (Å²) in [6.45, 7) is 10.9. The zero-order valence-electron chi connectivity index (χ0n) is 16.6. The first-order chi connectivity index (χ1) is 12.8. The molecule has 2 aromatic rings. The number of carbonyl (C=O) groups excluding carboxylic acids is 2. The maximum absolute atomic E-state index is 12.5. The Morgan fingerprint density at radius 1 is 1.11 bits per heavy atom. The third-order valence-corrected chi connectivity index (χ3v) is 5.80. The number of amides is 2. The number of aryl methyl sites for hydroxylation is 1. The maximum atomic E-state index is 12.5. The van der Waals surface area contributed by atoms with Crippen LogP contribution in [0, 0.1) is 13.8 Å². The van der Waals surface area contributed by atoms with Crippen LogP contribution in [0.25, 0.3) is 11.8 Å². The molecule has 1 fully saturated rings. The van der Waals surface area contributed by atoms with Crippen LogP contribution in [0.1, 0.15) is 55.6 Å². The van der Waals surface area contributed by atoms with E-state index in [0.29, 0.717) is 17.4 Å². The Balaban J connectivity index is 1.95. The highest BCUT2D eigenvalue weighted by molar-refractivity contribution is 8.18. The molecule has 3 rings (SSSR count). The average Bonchev–Trinajstić information content (AvgIpc) is 3.05. The van der Waals surface area contributed by atoms with Crippen LogP contribution in [0.5, 0.6) is 0 Å². The molecule has 2 heterocycles. The van der Waals surface area contributed by atoms with Gasteiger partial charge in [-0.2, -0.15) is 0 Å². The number of benzene rings is 1. The van der Waals surface area contributed by atoms with Crippen molar-refractivity contribution in [2.75, 3.05) is 6.54 Å². The first kappa shape index (κ1) is 19.5. The van der Waals surface area contributed by atoms with Gasteiger partial charge in [-0.15, -0.1) is 0 Å². The molecule has 142 valence electrons. The Labute approximate surface area is 165 Å². The lowest BCUT2D eigenvalue weighted by molar-refractivity contribution is -0.122. The van der Waals surface area contributed by atoms with Crippen molar-refractivity contribution in [3.05, 3.63) is 57.8 Å². The molecule has 5 heteroatoms. The summed E-state index contributed by atoms with van der Waals surface area (Å²) in [5.74, 6) is 0.318. The molecule has 0 atom stereocenters. The number of carbonyl (C=O) groups is 2. The van der Waals surface area contributed by atoms with Crippen molar-refractivity contribution in [2.24, 2.45) is 0 Å². The van der Waals surface area contributed by atoms with E-state index in [4.69, 9.17) is 0 Å². The molecular weight excluding hydrogens is 356 g/mol. The maximum Gasteiger partial charge on any atom is 0.293 e. The molecule has 1 aliphatic rings. The fraction of sp³-hybridized carbons (Fsp3) is 0.364. The van der Waals surface area contributed by atoms with Gasteiger partial charge in [0.15, 0.2) is 0 Å². The van der Waals surface area contributed by atoms with E-state index in [1.807, 2.05) is 19.9 Å². The van der Waals surface area contributed by atoms with Crippen LogP contribution in [-0.2, 0) is 4.79 Å². The SMILES string of the molecule is CCCN1C(=O)S/C(=C/c2cc(C)n(-c3ccc(C(C)C)cc3)c2C)C1=O. The van der Waals surface area contributed by atoms with Gasteiger partial charge < -0.3 is 4.57 Å². The minimum Gasteiger partial charge on any atom is -0.318 e. The second-order valence-electron chi connectivity index (χ2n) is 7.24. The summed E-state index contributed by atoms with van der Waals surface area (Å²) >= 11 is 1.03. The minimum absolute atomic E-state index is 0.175. The molecule has 0 aliphatic carbocycles. The molecule has 0 spiro atoms. The normalized spacial score (nSPS) is 16.2. The molecule has 2 amide bonds. The summed E-state index contributed by atoms with van der Waals surface area (Å²) in [4.78, 5) is 26.4. The average molecular weight is 383 g/mol. The van der Waals surface area contributed by atoms with Crippen molar-refractivity contribution in [2.45, 2.75) is 47.0 Å². The molecule has 1 saturated heterocycles. The molecule has 27 heavy (non-hydrogen) atoms. The van der Waals surface area contributed by atoms with Gasteiger partial charge in [-0.05, 0) is 73.4 Å². The largest absolute Gasteiger partial charge is 0.318 e. The topological polar surface area (TPSA) is 42.3 Å². The highest BCUT2D eigenvalue weighted by Gasteiger charge is 2.34. The van der Waals surface area contributed by atoms with Crippen molar-refractivity contribution in [3.63, 3.8) is 0 Å². The summed E-state index contributed by atoms with van der Waals surface area (Å²) in [5.41, 5.74) is 5.55. The number of rotatable bonds is 5. The van der Waals surface area contributed by atoms with Gasteiger partial charge in [0, 0.05) is 23.6 Å². The second kappa shape index (κ2) is 7.77. The number of hydrogen-bond acceptors (Lipinski definition) is 3. The summed E-state index contributed by atoms with van der Waals surface area (Å²) in [5, 5.41) is -0.175. The summed E-state index contributed by atoms with van der Waals surface area (Å²) < 4.78 is 2.19. The number of hydrogen-bond donors (Lipinski definition) is 0. The zero-order chi connectivity index (χ0) is 19.7. The van der Waals surface area contributed by atoms with Crippen molar-refractivity contribution in [1.29, 1.82) is 0 Å². The third kappa shape index (κ3) is 3.74. The molecule has 0 saturated carbocycles. The van der Waals surface area contributed by atoms with Crippen LogP contribution in [0.15, 0.2) is 35.2 Å². The van der Waals surface area contributed by atoms with E-state index < -0.39 is 0 Å². The number of nitrogens with zero attached hydrogens (tertiary/aromatic N) is 2. The number of aromatic nitrogens is 1. The van der Waals surface area contributed by atoms with E-state index in [0.717, 1.165) is 40.8 Å². The predicted molar refractivity (Wildman–Crippen MR) is 112 cm³/mol.